The second-order valence-electron chi connectivity index (χ2n) is 2.53. The van der Waals surface area contributed by atoms with E-state index >= 15 is 0 Å². The van der Waals surface area contributed by atoms with Crippen LogP contribution in [0.3, 0.4) is 0 Å². The molecule has 0 aliphatic rings. The van der Waals surface area contributed by atoms with Crippen molar-refractivity contribution in [2.24, 2.45) is 16.8 Å². The molecule has 4 N–H and O–H groups in total. The van der Waals surface area contributed by atoms with Crippen LogP contribution in [0, 0.1) is 5.92 Å². The molecule has 0 aliphatic heterocycles. The molecular formula is C7H13N3O3. The molecule has 0 saturated carbocycles. The second-order valence-corrected chi connectivity index (χ2v) is 2.53. The Kier molecular flexibility index (Phi) is 4.50. The Morgan fingerprint density at radius 2 is 2.15 bits per heavy atom. The van der Waals surface area contributed by atoms with Crippen LogP contribution in [-0.4, -0.2) is 22.8 Å². The number of primary amides is 1. The van der Waals surface area contributed by atoms with E-state index in [-0.39, 0.29) is 0 Å². The summed E-state index contributed by atoms with van der Waals surface area (Å²) in [4.78, 5) is 20.8. The minimum absolute atomic E-state index is 0.328. The average Bonchev–Trinajstić information content (AvgIpc) is 2.01. The van der Waals surface area contributed by atoms with Gasteiger partial charge in [-0.1, -0.05) is 6.92 Å². The summed E-state index contributed by atoms with van der Waals surface area (Å²) in [7, 11) is 0. The Morgan fingerprint density at radius 1 is 1.62 bits per heavy atom. The van der Waals surface area contributed by atoms with Gasteiger partial charge in [-0.15, -0.1) is 0 Å². The molecule has 1 unspecified atom stereocenters. The smallest absolute Gasteiger partial charge is 0.332 e. The van der Waals surface area contributed by atoms with Crippen LogP contribution in [0.4, 0.5) is 4.79 Å². The number of carboxylic acids is 1. The molecule has 0 aromatic heterocycles. The van der Waals surface area contributed by atoms with Gasteiger partial charge in [0.1, 0.15) is 0 Å². The van der Waals surface area contributed by atoms with E-state index in [1.807, 2.05) is 5.43 Å². The van der Waals surface area contributed by atoms with E-state index in [1.165, 1.54) is 6.92 Å². The van der Waals surface area contributed by atoms with Crippen LogP contribution >= 0.6 is 0 Å². The summed E-state index contributed by atoms with van der Waals surface area (Å²) >= 11 is 0. The van der Waals surface area contributed by atoms with Crippen molar-refractivity contribution in [2.75, 3.05) is 0 Å². The predicted octanol–water partition coefficient (Wildman–Crippen LogP) is 0.141. The fourth-order valence-electron chi connectivity index (χ4n) is 0.870. The van der Waals surface area contributed by atoms with Crippen molar-refractivity contribution < 1.29 is 14.7 Å². The molecular weight excluding hydrogens is 174 g/mol. The van der Waals surface area contributed by atoms with E-state index in [4.69, 9.17) is 10.8 Å². The number of carbonyl (C=O) groups is 2. The van der Waals surface area contributed by atoms with E-state index in [0.29, 0.717) is 12.1 Å². The fourth-order valence-corrected chi connectivity index (χ4v) is 0.870. The monoisotopic (exact) mass is 187 g/mol. The number of hydrogen-bond donors (Lipinski definition) is 3. The number of rotatable bonds is 4. The molecule has 0 spiro atoms. The Balaban J connectivity index is 4.35. The number of nitrogens with one attached hydrogen (secondary N) is 1. The summed E-state index contributed by atoms with van der Waals surface area (Å²) < 4.78 is 0. The third kappa shape index (κ3) is 4.09. The van der Waals surface area contributed by atoms with Crippen molar-refractivity contribution >= 4 is 17.7 Å². The third-order valence-corrected chi connectivity index (χ3v) is 1.55. The number of nitrogens with zero attached hydrogens (tertiary/aromatic N) is 1. The maximum Gasteiger partial charge on any atom is 0.332 e. The molecule has 0 bridgehead atoms. The van der Waals surface area contributed by atoms with Crippen LogP contribution in [0.15, 0.2) is 5.10 Å². The van der Waals surface area contributed by atoms with Crippen LogP contribution in [0.5, 0.6) is 0 Å². The van der Waals surface area contributed by atoms with Gasteiger partial charge in [0.15, 0.2) is 0 Å². The highest BCUT2D eigenvalue weighted by atomic mass is 16.4. The minimum Gasteiger partial charge on any atom is -0.481 e. The molecule has 6 heteroatoms. The van der Waals surface area contributed by atoms with Crippen molar-refractivity contribution in [2.45, 2.75) is 20.3 Å². The average molecular weight is 187 g/mol. The number of carboxylic acid groups (broad SMARTS) is 1. The lowest BCUT2D eigenvalue weighted by Crippen LogP contribution is -2.28. The van der Waals surface area contributed by atoms with Gasteiger partial charge in [0.05, 0.1) is 5.92 Å². The van der Waals surface area contributed by atoms with Crippen LogP contribution < -0.4 is 11.2 Å². The number of carbonyl (C=O) groups excluding carboxylic acids is 1. The predicted molar refractivity (Wildman–Crippen MR) is 47.2 cm³/mol. The molecule has 74 valence electrons. The highest BCUT2D eigenvalue weighted by Gasteiger charge is 2.18. The number of hydrazone groups is 1. The van der Waals surface area contributed by atoms with Crippen LogP contribution in [0.25, 0.3) is 0 Å². The molecule has 1 atom stereocenters. The number of urea groups is 1. The molecule has 0 aliphatic carbocycles. The zero-order chi connectivity index (χ0) is 10.4. The van der Waals surface area contributed by atoms with Crippen molar-refractivity contribution in [1.82, 2.24) is 5.43 Å². The molecule has 6 nitrogen and oxygen atoms in total. The summed E-state index contributed by atoms with van der Waals surface area (Å²) in [5, 5.41) is 12.2. The van der Waals surface area contributed by atoms with Gasteiger partial charge in [-0.25, -0.2) is 10.2 Å². The molecule has 13 heavy (non-hydrogen) atoms. The summed E-state index contributed by atoms with van der Waals surface area (Å²) in [5.74, 6) is -1.64. The zero-order valence-corrected chi connectivity index (χ0v) is 7.57. The van der Waals surface area contributed by atoms with Crippen molar-refractivity contribution in [3.8, 4) is 0 Å². The number of aliphatic carboxylic acids is 1. The molecule has 0 fully saturated rings. The van der Waals surface area contributed by atoms with Gasteiger partial charge < -0.3 is 10.8 Å². The lowest BCUT2D eigenvalue weighted by atomic mass is 10.0. The Hall–Kier alpha value is -1.59. The molecule has 0 aromatic rings. The van der Waals surface area contributed by atoms with Crippen LogP contribution in [0.2, 0.25) is 0 Å². The first-order chi connectivity index (χ1) is 5.99. The molecule has 2 amide bonds. The zero-order valence-electron chi connectivity index (χ0n) is 7.57. The van der Waals surface area contributed by atoms with Crippen molar-refractivity contribution in [3.63, 3.8) is 0 Å². The van der Waals surface area contributed by atoms with Gasteiger partial charge in [-0.3, -0.25) is 4.79 Å². The highest BCUT2D eigenvalue weighted by Crippen LogP contribution is 2.04. The first kappa shape index (κ1) is 11.4. The standard InChI is InChI=1S/C7H13N3O3/c1-3-5(6(11)12)4(2)9-10-7(8)13/h5H,3H2,1-2H3,(H,11,12)(H3,8,10,13). The molecule has 0 heterocycles. The maximum absolute atomic E-state index is 10.6. The van der Waals surface area contributed by atoms with E-state index in [0.717, 1.165) is 0 Å². The second kappa shape index (κ2) is 5.13. The highest BCUT2D eigenvalue weighted by molar-refractivity contribution is 6.00. The van der Waals surface area contributed by atoms with E-state index < -0.39 is 17.9 Å². The lowest BCUT2D eigenvalue weighted by Gasteiger charge is -2.08. The summed E-state index contributed by atoms with van der Waals surface area (Å²) in [5.41, 5.74) is 7.06. The van der Waals surface area contributed by atoms with Gasteiger partial charge in [0, 0.05) is 5.71 Å². The largest absolute Gasteiger partial charge is 0.481 e. The Labute approximate surface area is 75.8 Å². The molecule has 0 aromatic carbocycles. The Bertz CT molecular complexity index is 237. The summed E-state index contributed by atoms with van der Waals surface area (Å²) in [6.45, 7) is 3.25. The third-order valence-electron chi connectivity index (χ3n) is 1.55. The quantitative estimate of drug-likeness (QED) is 0.430. The number of nitrogens with two attached hydrogens (primary N) is 1. The van der Waals surface area contributed by atoms with E-state index in [2.05, 4.69) is 5.10 Å². The minimum atomic E-state index is -0.963. The first-order valence-corrected chi connectivity index (χ1v) is 3.81. The van der Waals surface area contributed by atoms with Crippen molar-refractivity contribution in [1.29, 1.82) is 0 Å². The van der Waals surface area contributed by atoms with E-state index in [9.17, 15) is 9.59 Å². The Morgan fingerprint density at radius 3 is 2.46 bits per heavy atom. The SMILES string of the molecule is CCC(C(=O)O)C(C)=NNC(N)=O. The maximum atomic E-state index is 10.6. The summed E-state index contributed by atoms with van der Waals surface area (Å²) in [6, 6.07) is -0.806. The molecule has 0 rings (SSSR count). The number of amides is 2. The van der Waals surface area contributed by atoms with Gasteiger partial charge >= 0.3 is 12.0 Å². The van der Waals surface area contributed by atoms with Crippen molar-refractivity contribution in [3.05, 3.63) is 0 Å². The fraction of sp³-hybridized carbons (Fsp3) is 0.571. The van der Waals surface area contributed by atoms with Crippen LogP contribution in [-0.2, 0) is 4.79 Å². The van der Waals surface area contributed by atoms with Crippen LogP contribution in [0.1, 0.15) is 20.3 Å². The molecule has 0 saturated heterocycles. The number of hydrogen-bond acceptors (Lipinski definition) is 3. The lowest BCUT2D eigenvalue weighted by molar-refractivity contribution is -0.139. The normalized spacial score (nSPS) is 13.5. The summed E-state index contributed by atoms with van der Waals surface area (Å²) in [6.07, 6.45) is 0.422. The first-order valence-electron chi connectivity index (χ1n) is 3.81. The van der Waals surface area contributed by atoms with E-state index in [1.54, 1.807) is 6.92 Å². The van der Waals surface area contributed by atoms with Gasteiger partial charge in [-0.2, -0.15) is 5.10 Å². The van der Waals surface area contributed by atoms with Gasteiger partial charge in [-0.05, 0) is 13.3 Å². The topological polar surface area (TPSA) is 105 Å². The van der Waals surface area contributed by atoms with Gasteiger partial charge in [0.25, 0.3) is 0 Å². The van der Waals surface area contributed by atoms with Gasteiger partial charge in [0.2, 0.25) is 0 Å². The molecule has 0 radical (unpaired) electrons.